The fraction of sp³-hybridized carbons (Fsp3) is 0.217. The first-order chi connectivity index (χ1) is 12.3. The van der Waals surface area contributed by atoms with E-state index in [1.54, 1.807) is 24.3 Å². The van der Waals surface area contributed by atoms with Crippen LogP contribution >= 0.6 is 0 Å². The van der Waals surface area contributed by atoms with E-state index >= 15 is 0 Å². The van der Waals surface area contributed by atoms with E-state index in [1.807, 2.05) is 0 Å². The van der Waals surface area contributed by atoms with E-state index in [0.717, 1.165) is 22.7 Å². The maximum Gasteiger partial charge on any atom is 0.123 e. The van der Waals surface area contributed by atoms with Gasteiger partial charge in [-0.2, -0.15) is 0 Å². The molecule has 0 aliphatic rings. The monoisotopic (exact) mass is 366 g/mol. The van der Waals surface area contributed by atoms with Gasteiger partial charge in [0.15, 0.2) is 0 Å². The SMILES string of the molecule is C[Si](C)(C)Cc1ccc(C(c2ccc(F)cc2)c2ccc(F)cc2)cc1. The van der Waals surface area contributed by atoms with Gasteiger partial charge < -0.3 is 0 Å². The van der Waals surface area contributed by atoms with Crippen LogP contribution in [0.3, 0.4) is 0 Å². The topological polar surface area (TPSA) is 0 Å². The van der Waals surface area contributed by atoms with Crippen molar-refractivity contribution < 1.29 is 8.78 Å². The van der Waals surface area contributed by atoms with Gasteiger partial charge >= 0.3 is 0 Å². The molecule has 3 rings (SSSR count). The van der Waals surface area contributed by atoms with Crippen molar-refractivity contribution in [2.24, 2.45) is 0 Å². The van der Waals surface area contributed by atoms with Crippen molar-refractivity contribution in [2.75, 3.05) is 0 Å². The van der Waals surface area contributed by atoms with Gasteiger partial charge in [0.2, 0.25) is 0 Å². The van der Waals surface area contributed by atoms with Gasteiger partial charge in [0.05, 0.1) is 0 Å². The molecule has 0 amide bonds. The highest BCUT2D eigenvalue weighted by Gasteiger charge is 2.18. The van der Waals surface area contributed by atoms with Crippen LogP contribution in [0.25, 0.3) is 0 Å². The van der Waals surface area contributed by atoms with Crippen molar-refractivity contribution in [1.29, 1.82) is 0 Å². The molecule has 0 nitrogen and oxygen atoms in total. The van der Waals surface area contributed by atoms with Crippen LogP contribution in [-0.2, 0) is 6.04 Å². The minimum atomic E-state index is -1.17. The van der Waals surface area contributed by atoms with Crippen LogP contribution in [0.1, 0.15) is 28.2 Å². The van der Waals surface area contributed by atoms with Crippen molar-refractivity contribution in [3.8, 4) is 0 Å². The average molecular weight is 367 g/mol. The zero-order valence-electron chi connectivity index (χ0n) is 15.5. The lowest BCUT2D eigenvalue weighted by atomic mass is 9.85. The van der Waals surface area contributed by atoms with Crippen molar-refractivity contribution in [1.82, 2.24) is 0 Å². The van der Waals surface area contributed by atoms with Crippen molar-refractivity contribution in [3.05, 3.63) is 107 Å². The molecule has 0 fully saturated rings. The molecule has 0 unspecified atom stereocenters. The second-order valence-corrected chi connectivity index (χ2v) is 13.5. The zero-order chi connectivity index (χ0) is 18.7. The third-order valence-corrected chi connectivity index (χ3v) is 5.92. The van der Waals surface area contributed by atoms with Gasteiger partial charge in [0, 0.05) is 14.0 Å². The molecule has 0 heterocycles. The van der Waals surface area contributed by atoms with Gasteiger partial charge in [0.1, 0.15) is 11.6 Å². The molecule has 0 N–H and O–H groups in total. The molecule has 0 spiro atoms. The first kappa shape index (κ1) is 18.5. The lowest BCUT2D eigenvalue weighted by Gasteiger charge is -2.20. The van der Waals surface area contributed by atoms with Crippen LogP contribution in [0.5, 0.6) is 0 Å². The van der Waals surface area contributed by atoms with Crippen molar-refractivity contribution in [3.63, 3.8) is 0 Å². The highest BCUT2D eigenvalue weighted by Crippen LogP contribution is 2.32. The summed E-state index contributed by atoms with van der Waals surface area (Å²) in [5.74, 6) is -0.550. The maximum absolute atomic E-state index is 13.4. The Bertz CT molecular complexity index is 799. The Kier molecular flexibility index (Phi) is 5.38. The van der Waals surface area contributed by atoms with Crippen molar-refractivity contribution >= 4 is 8.07 Å². The van der Waals surface area contributed by atoms with E-state index in [2.05, 4.69) is 43.9 Å². The minimum Gasteiger partial charge on any atom is -0.207 e. The number of halogens is 2. The summed E-state index contributed by atoms with van der Waals surface area (Å²) in [5.41, 5.74) is 4.47. The Morgan fingerprint density at radius 3 is 1.31 bits per heavy atom. The molecule has 0 radical (unpaired) electrons. The van der Waals surface area contributed by atoms with Crippen LogP contribution in [0.4, 0.5) is 8.78 Å². The quantitative estimate of drug-likeness (QED) is 0.354. The van der Waals surface area contributed by atoms with Gasteiger partial charge in [-0.15, -0.1) is 0 Å². The lowest BCUT2D eigenvalue weighted by Crippen LogP contribution is -2.23. The van der Waals surface area contributed by atoms with E-state index in [0.29, 0.717) is 0 Å². The Morgan fingerprint density at radius 2 is 0.962 bits per heavy atom. The van der Waals surface area contributed by atoms with Crippen LogP contribution in [0.15, 0.2) is 72.8 Å². The Hall–Kier alpha value is -2.26. The largest absolute Gasteiger partial charge is 0.207 e. The van der Waals surface area contributed by atoms with E-state index in [4.69, 9.17) is 0 Å². The molecular weight excluding hydrogens is 342 g/mol. The molecule has 3 aromatic rings. The summed E-state index contributed by atoms with van der Waals surface area (Å²) in [5, 5.41) is 0. The molecule has 3 heteroatoms. The van der Waals surface area contributed by atoms with E-state index in [9.17, 15) is 8.78 Å². The Labute approximate surface area is 155 Å². The molecular formula is C23H24F2Si. The third-order valence-electron chi connectivity index (χ3n) is 4.45. The summed E-state index contributed by atoms with van der Waals surface area (Å²) in [6.07, 6.45) is 0. The summed E-state index contributed by atoms with van der Waals surface area (Å²) in [7, 11) is -1.17. The number of hydrogen-bond donors (Lipinski definition) is 0. The van der Waals surface area contributed by atoms with E-state index in [-0.39, 0.29) is 17.6 Å². The van der Waals surface area contributed by atoms with Gasteiger partial charge in [-0.1, -0.05) is 73.7 Å². The predicted octanol–water partition coefficient (Wildman–Crippen LogP) is 6.56. The van der Waals surface area contributed by atoms with Gasteiger partial charge in [-0.25, -0.2) is 8.78 Å². The van der Waals surface area contributed by atoms with Gasteiger partial charge in [-0.3, -0.25) is 0 Å². The highest BCUT2D eigenvalue weighted by atomic mass is 28.3. The van der Waals surface area contributed by atoms with E-state index < -0.39 is 8.07 Å². The number of benzene rings is 3. The fourth-order valence-corrected chi connectivity index (χ4v) is 4.79. The first-order valence-electron chi connectivity index (χ1n) is 8.92. The molecule has 0 aliphatic carbocycles. The molecule has 0 atom stereocenters. The molecule has 26 heavy (non-hydrogen) atoms. The van der Waals surface area contributed by atoms with Gasteiger partial charge in [-0.05, 0) is 47.0 Å². The van der Waals surface area contributed by atoms with Crippen LogP contribution in [0, 0.1) is 11.6 Å². The third kappa shape index (κ3) is 4.67. The summed E-state index contributed by atoms with van der Waals surface area (Å²) in [6, 6.07) is 22.9. The highest BCUT2D eigenvalue weighted by molar-refractivity contribution is 6.75. The second kappa shape index (κ2) is 7.54. The lowest BCUT2D eigenvalue weighted by molar-refractivity contribution is 0.626. The number of hydrogen-bond acceptors (Lipinski definition) is 0. The molecule has 3 aromatic carbocycles. The number of rotatable bonds is 5. The van der Waals surface area contributed by atoms with Crippen molar-refractivity contribution in [2.45, 2.75) is 31.6 Å². The summed E-state index contributed by atoms with van der Waals surface area (Å²) < 4.78 is 26.7. The maximum atomic E-state index is 13.4. The minimum absolute atomic E-state index is 0.0443. The summed E-state index contributed by atoms with van der Waals surface area (Å²) in [4.78, 5) is 0. The van der Waals surface area contributed by atoms with Gasteiger partial charge in [0.25, 0.3) is 0 Å². The Balaban J connectivity index is 2.00. The standard InChI is InChI=1S/C23H24F2Si/c1-26(2,3)16-17-4-6-18(7-5-17)23(19-8-12-21(24)13-9-19)20-10-14-22(25)15-11-20/h4-15,23H,16H2,1-3H3. The molecule has 0 saturated heterocycles. The molecule has 0 saturated carbocycles. The Morgan fingerprint density at radius 1 is 0.615 bits per heavy atom. The van der Waals surface area contributed by atoms with Crippen LogP contribution < -0.4 is 0 Å². The zero-order valence-corrected chi connectivity index (χ0v) is 16.5. The predicted molar refractivity (Wildman–Crippen MR) is 107 cm³/mol. The molecule has 0 aromatic heterocycles. The summed E-state index contributed by atoms with van der Waals surface area (Å²) >= 11 is 0. The van der Waals surface area contributed by atoms with E-state index in [1.165, 1.54) is 29.8 Å². The first-order valence-corrected chi connectivity index (χ1v) is 12.6. The molecule has 0 aliphatic heterocycles. The van der Waals surface area contributed by atoms with Crippen LogP contribution in [-0.4, -0.2) is 8.07 Å². The molecule has 134 valence electrons. The summed E-state index contributed by atoms with van der Waals surface area (Å²) in [6.45, 7) is 7.09. The average Bonchev–Trinajstić information content (AvgIpc) is 2.59. The normalized spacial score (nSPS) is 11.8. The fourth-order valence-electron chi connectivity index (χ4n) is 3.33. The van der Waals surface area contributed by atoms with Crippen LogP contribution in [0.2, 0.25) is 19.6 Å². The second-order valence-electron chi connectivity index (χ2n) is 8.02. The smallest absolute Gasteiger partial charge is 0.123 e. The molecule has 0 bridgehead atoms.